The van der Waals surface area contributed by atoms with Crippen LogP contribution in [-0.4, -0.2) is 37.2 Å². The minimum Gasteiger partial charge on any atom is -0.462 e. The minimum atomic E-state index is -0.857. The van der Waals surface area contributed by atoms with Crippen molar-refractivity contribution in [2.45, 2.75) is 175 Å². The molecule has 0 N–H and O–H groups in total. The highest BCUT2D eigenvalue weighted by atomic mass is 16.6. The van der Waals surface area contributed by atoms with E-state index in [2.05, 4.69) is 142 Å². The van der Waals surface area contributed by atoms with Crippen LogP contribution in [0.3, 0.4) is 0 Å². The van der Waals surface area contributed by atoms with Crippen molar-refractivity contribution in [2.24, 2.45) is 0 Å². The van der Waals surface area contributed by atoms with Crippen LogP contribution in [0, 0.1) is 0 Å². The first kappa shape index (κ1) is 60.8. The molecule has 0 aliphatic heterocycles. The van der Waals surface area contributed by atoms with E-state index in [9.17, 15) is 14.4 Å². The normalized spacial score (nSPS) is 13.6. The highest BCUT2D eigenvalue weighted by Gasteiger charge is 2.19. The summed E-state index contributed by atoms with van der Waals surface area (Å²) in [5.41, 5.74) is 0. The third-order valence-corrected chi connectivity index (χ3v) is 9.56. The highest BCUT2D eigenvalue weighted by Crippen LogP contribution is 2.10. The van der Waals surface area contributed by atoms with Gasteiger partial charge in [0.2, 0.25) is 0 Å². The molecule has 364 valence electrons. The smallest absolute Gasteiger partial charge is 0.306 e. The van der Waals surface area contributed by atoms with E-state index in [0.29, 0.717) is 12.8 Å². The maximum atomic E-state index is 12.8. The molecule has 6 nitrogen and oxygen atoms in total. The quantitative estimate of drug-likeness (QED) is 0.0200. The summed E-state index contributed by atoms with van der Waals surface area (Å²) in [6.07, 6.45) is 77.8. The lowest BCUT2D eigenvalue weighted by Crippen LogP contribution is -2.30. The molecule has 0 aromatic heterocycles. The molecule has 0 aromatic rings. The van der Waals surface area contributed by atoms with E-state index in [-0.39, 0.29) is 44.4 Å². The average molecular weight is 905 g/mol. The molecule has 0 rings (SSSR count). The van der Waals surface area contributed by atoms with Crippen molar-refractivity contribution in [1.82, 2.24) is 0 Å². The van der Waals surface area contributed by atoms with Gasteiger partial charge in [-0.15, -0.1) is 0 Å². The molecular weight excluding hydrogens is 817 g/mol. The molecule has 0 heterocycles. The number of ether oxygens (including phenoxy) is 3. The van der Waals surface area contributed by atoms with E-state index < -0.39 is 12.1 Å². The van der Waals surface area contributed by atoms with Crippen LogP contribution in [0.15, 0.2) is 170 Å². The van der Waals surface area contributed by atoms with Crippen LogP contribution in [0.1, 0.15) is 168 Å². The second kappa shape index (κ2) is 52.4. The van der Waals surface area contributed by atoms with Gasteiger partial charge in [0.05, 0.1) is 0 Å². The first-order valence-corrected chi connectivity index (χ1v) is 25.2. The zero-order valence-corrected chi connectivity index (χ0v) is 41.4. The third-order valence-electron chi connectivity index (χ3n) is 9.56. The molecule has 0 aromatic carbocycles. The number of allylic oxidation sites excluding steroid dienone is 28. The Balaban J connectivity index is 4.65. The van der Waals surface area contributed by atoms with Crippen molar-refractivity contribution in [2.75, 3.05) is 13.2 Å². The van der Waals surface area contributed by atoms with E-state index in [1.165, 1.54) is 0 Å². The molecule has 0 amide bonds. The Hall–Kier alpha value is -5.23. The number of hydrogen-bond acceptors (Lipinski definition) is 6. The SMILES string of the molecule is CC/C=C/C=C/C=C/C=C/CCCCCC(=O)OCC(COC(=O)CCCCC/C=C/C/C=C/C/C=C/C/C=C/C/C=C/CC)OC(=O)CC/C=C/C/C=C/C/C=C/C/C=C/C/C=C/CC. The topological polar surface area (TPSA) is 78.9 Å². The second-order valence-corrected chi connectivity index (χ2v) is 15.7. The van der Waals surface area contributed by atoms with Crippen molar-refractivity contribution in [1.29, 1.82) is 0 Å². The monoisotopic (exact) mass is 905 g/mol. The van der Waals surface area contributed by atoms with Crippen molar-refractivity contribution >= 4 is 17.9 Å². The summed E-state index contributed by atoms with van der Waals surface area (Å²) < 4.78 is 16.6. The van der Waals surface area contributed by atoms with Gasteiger partial charge in [0.25, 0.3) is 0 Å². The van der Waals surface area contributed by atoms with Crippen LogP contribution in [0.4, 0.5) is 0 Å². The summed E-state index contributed by atoms with van der Waals surface area (Å²) in [5.74, 6) is -1.12. The Morgan fingerprint density at radius 1 is 0.318 bits per heavy atom. The summed E-state index contributed by atoms with van der Waals surface area (Å²) in [5, 5.41) is 0. The van der Waals surface area contributed by atoms with E-state index in [1.807, 2.05) is 48.6 Å². The molecule has 0 fully saturated rings. The number of carbonyl (C=O) groups is 3. The maximum absolute atomic E-state index is 12.8. The Kier molecular flexibility index (Phi) is 48.2. The van der Waals surface area contributed by atoms with Crippen molar-refractivity contribution in [3.63, 3.8) is 0 Å². The summed E-state index contributed by atoms with van der Waals surface area (Å²) >= 11 is 0. The van der Waals surface area contributed by atoms with Gasteiger partial charge >= 0.3 is 17.9 Å². The lowest BCUT2D eigenvalue weighted by atomic mass is 10.1. The van der Waals surface area contributed by atoms with E-state index >= 15 is 0 Å². The lowest BCUT2D eigenvalue weighted by molar-refractivity contribution is -0.166. The molecule has 0 aliphatic rings. The van der Waals surface area contributed by atoms with Crippen LogP contribution in [0.5, 0.6) is 0 Å². The molecular formula is C60H88O6. The second-order valence-electron chi connectivity index (χ2n) is 15.7. The van der Waals surface area contributed by atoms with E-state index in [1.54, 1.807) is 0 Å². The molecule has 0 spiro atoms. The summed E-state index contributed by atoms with van der Waals surface area (Å²) in [6.45, 7) is 6.10. The Labute approximate surface area is 402 Å². The molecule has 0 aliphatic carbocycles. The zero-order chi connectivity index (χ0) is 47.9. The number of carbonyl (C=O) groups excluding carboxylic acids is 3. The fraction of sp³-hybridized carbons (Fsp3) is 0.483. The van der Waals surface area contributed by atoms with Gasteiger partial charge < -0.3 is 14.2 Å². The van der Waals surface area contributed by atoms with Gasteiger partial charge in [-0.3, -0.25) is 14.4 Å². The largest absolute Gasteiger partial charge is 0.462 e. The van der Waals surface area contributed by atoms with Crippen LogP contribution >= 0.6 is 0 Å². The molecule has 1 unspecified atom stereocenters. The fourth-order valence-corrected chi connectivity index (χ4v) is 5.88. The van der Waals surface area contributed by atoms with Gasteiger partial charge in [-0.05, 0) is 116 Å². The summed E-state index contributed by atoms with van der Waals surface area (Å²) in [7, 11) is 0. The van der Waals surface area contributed by atoms with E-state index in [0.717, 1.165) is 116 Å². The Bertz CT molecular complexity index is 1600. The lowest BCUT2D eigenvalue weighted by Gasteiger charge is -2.18. The molecule has 0 saturated heterocycles. The highest BCUT2D eigenvalue weighted by molar-refractivity contribution is 5.71. The van der Waals surface area contributed by atoms with Crippen LogP contribution in [0.25, 0.3) is 0 Å². The average Bonchev–Trinajstić information content (AvgIpc) is 3.31. The fourth-order valence-electron chi connectivity index (χ4n) is 5.88. The van der Waals surface area contributed by atoms with Crippen molar-refractivity contribution < 1.29 is 28.6 Å². The third kappa shape index (κ3) is 49.8. The molecule has 1 atom stereocenters. The minimum absolute atomic E-state index is 0.147. The first-order valence-electron chi connectivity index (χ1n) is 25.2. The van der Waals surface area contributed by atoms with Gasteiger partial charge in [0.1, 0.15) is 13.2 Å². The molecule has 66 heavy (non-hydrogen) atoms. The van der Waals surface area contributed by atoms with Gasteiger partial charge in [-0.1, -0.05) is 204 Å². The van der Waals surface area contributed by atoms with Crippen LogP contribution in [-0.2, 0) is 28.6 Å². The summed E-state index contributed by atoms with van der Waals surface area (Å²) in [6, 6.07) is 0. The predicted octanol–water partition coefficient (Wildman–Crippen LogP) is 16.8. The molecule has 6 heteroatoms. The first-order chi connectivity index (χ1) is 32.5. The number of rotatable bonds is 42. The van der Waals surface area contributed by atoms with Gasteiger partial charge in [-0.2, -0.15) is 0 Å². The predicted molar refractivity (Wildman–Crippen MR) is 283 cm³/mol. The Morgan fingerprint density at radius 2 is 0.652 bits per heavy atom. The van der Waals surface area contributed by atoms with Gasteiger partial charge in [0, 0.05) is 19.3 Å². The maximum Gasteiger partial charge on any atom is 0.306 e. The van der Waals surface area contributed by atoms with Gasteiger partial charge in [0.15, 0.2) is 6.10 Å². The van der Waals surface area contributed by atoms with Gasteiger partial charge in [-0.25, -0.2) is 0 Å². The van der Waals surface area contributed by atoms with Crippen LogP contribution < -0.4 is 0 Å². The molecule has 0 radical (unpaired) electrons. The molecule has 0 bridgehead atoms. The Morgan fingerprint density at radius 3 is 1.06 bits per heavy atom. The number of hydrogen-bond donors (Lipinski definition) is 0. The van der Waals surface area contributed by atoms with E-state index in [4.69, 9.17) is 14.2 Å². The molecule has 0 saturated carbocycles. The summed E-state index contributed by atoms with van der Waals surface area (Å²) in [4.78, 5) is 37.9. The number of esters is 3. The van der Waals surface area contributed by atoms with Crippen molar-refractivity contribution in [3.8, 4) is 0 Å². The van der Waals surface area contributed by atoms with Crippen molar-refractivity contribution in [3.05, 3.63) is 170 Å². The number of unbranched alkanes of at least 4 members (excludes halogenated alkanes) is 6. The zero-order valence-electron chi connectivity index (χ0n) is 41.4. The standard InChI is InChI=1S/C60H88O6/c1-4-7-10-13-16-19-22-25-27-29-30-31-33-35-38-41-44-47-50-53-59(62)65-56-57(55-64-58(61)52-49-46-43-40-37-34-24-21-18-15-12-9-6-3)66-60(63)54-51-48-45-42-39-36-32-28-26-23-20-17-14-11-8-5-2/h7-12,15-21,24-28,30-31,34-39,45,48,57H,4-6,13-14,22-23,29,32-33,40-44,46-47,49-56H2,1-3H3/b10-7+,11-8+,12-9+,18-15+,19-16+,20-17+,24-21+,27-25+,28-26+,31-30+,37-34+,38-35+,39-36+,48-45+. The van der Waals surface area contributed by atoms with Crippen LogP contribution in [0.2, 0.25) is 0 Å².